The largest absolute Gasteiger partial charge is 0.341 e. The Morgan fingerprint density at radius 1 is 1.25 bits per heavy atom. The Kier molecular flexibility index (Phi) is 5.75. The second-order valence-corrected chi connectivity index (χ2v) is 6.62. The molecule has 0 spiro atoms. The van der Waals surface area contributed by atoms with E-state index in [4.69, 9.17) is 5.73 Å². The SMILES string of the molecule is CC(N(C)C(=O)C(N)CCc1ccccc1)C(C)(C)C. The minimum Gasteiger partial charge on any atom is -0.341 e. The lowest BCUT2D eigenvalue weighted by molar-refractivity contribution is -0.135. The van der Waals surface area contributed by atoms with Gasteiger partial charge < -0.3 is 10.6 Å². The van der Waals surface area contributed by atoms with E-state index in [1.54, 1.807) is 4.90 Å². The number of hydrogen-bond donors (Lipinski definition) is 1. The predicted molar refractivity (Wildman–Crippen MR) is 84.4 cm³/mol. The molecule has 0 aliphatic rings. The third-order valence-electron chi connectivity index (χ3n) is 4.09. The summed E-state index contributed by atoms with van der Waals surface area (Å²) < 4.78 is 0. The molecule has 20 heavy (non-hydrogen) atoms. The van der Waals surface area contributed by atoms with Gasteiger partial charge in [0.1, 0.15) is 0 Å². The van der Waals surface area contributed by atoms with Gasteiger partial charge in [0, 0.05) is 13.1 Å². The van der Waals surface area contributed by atoms with Gasteiger partial charge in [0.25, 0.3) is 0 Å². The first-order valence-electron chi connectivity index (χ1n) is 7.29. The molecule has 0 aliphatic heterocycles. The number of nitrogens with zero attached hydrogens (tertiary/aromatic N) is 1. The average molecular weight is 276 g/mol. The van der Waals surface area contributed by atoms with Crippen LogP contribution in [0.25, 0.3) is 0 Å². The van der Waals surface area contributed by atoms with Crippen molar-refractivity contribution >= 4 is 5.91 Å². The second-order valence-electron chi connectivity index (χ2n) is 6.62. The Morgan fingerprint density at radius 3 is 2.30 bits per heavy atom. The topological polar surface area (TPSA) is 46.3 Å². The van der Waals surface area contributed by atoms with Gasteiger partial charge in [-0.2, -0.15) is 0 Å². The number of rotatable bonds is 5. The van der Waals surface area contributed by atoms with Crippen molar-refractivity contribution in [2.24, 2.45) is 11.1 Å². The molecule has 1 rings (SSSR count). The number of hydrogen-bond acceptors (Lipinski definition) is 2. The van der Waals surface area contributed by atoms with Gasteiger partial charge in [-0.25, -0.2) is 0 Å². The number of carbonyl (C=O) groups excluding carboxylic acids is 1. The molecule has 0 bridgehead atoms. The first kappa shape index (κ1) is 16.7. The molecule has 2 N–H and O–H groups in total. The Bertz CT molecular complexity index is 422. The van der Waals surface area contributed by atoms with Crippen molar-refractivity contribution in [1.82, 2.24) is 4.90 Å². The van der Waals surface area contributed by atoms with Crippen molar-refractivity contribution in [3.63, 3.8) is 0 Å². The molecule has 1 aromatic carbocycles. The van der Waals surface area contributed by atoms with Crippen molar-refractivity contribution in [3.8, 4) is 0 Å². The van der Waals surface area contributed by atoms with Crippen LogP contribution in [0.2, 0.25) is 0 Å². The van der Waals surface area contributed by atoms with E-state index in [2.05, 4.69) is 39.8 Å². The normalized spacial score (nSPS) is 14.7. The number of likely N-dealkylation sites (N-methyl/N-ethyl adjacent to an activating group) is 1. The molecule has 112 valence electrons. The summed E-state index contributed by atoms with van der Waals surface area (Å²) >= 11 is 0. The van der Waals surface area contributed by atoms with Crippen LogP contribution in [-0.4, -0.2) is 29.9 Å². The maximum Gasteiger partial charge on any atom is 0.239 e. The fraction of sp³-hybridized carbons (Fsp3) is 0.588. The van der Waals surface area contributed by atoms with Crippen LogP contribution in [0.5, 0.6) is 0 Å². The first-order valence-corrected chi connectivity index (χ1v) is 7.29. The number of carbonyl (C=O) groups is 1. The molecule has 0 radical (unpaired) electrons. The summed E-state index contributed by atoms with van der Waals surface area (Å²) in [4.78, 5) is 14.1. The Labute approximate surface area is 123 Å². The molecule has 0 saturated heterocycles. The first-order chi connectivity index (χ1) is 9.23. The maximum absolute atomic E-state index is 12.4. The summed E-state index contributed by atoms with van der Waals surface area (Å²) in [7, 11) is 1.85. The Morgan fingerprint density at radius 2 is 1.80 bits per heavy atom. The molecule has 0 aliphatic carbocycles. The maximum atomic E-state index is 12.4. The van der Waals surface area contributed by atoms with E-state index >= 15 is 0 Å². The van der Waals surface area contributed by atoms with E-state index in [9.17, 15) is 4.79 Å². The summed E-state index contributed by atoms with van der Waals surface area (Å²) in [5, 5.41) is 0. The van der Waals surface area contributed by atoms with Crippen molar-refractivity contribution < 1.29 is 4.79 Å². The van der Waals surface area contributed by atoms with E-state index < -0.39 is 6.04 Å². The van der Waals surface area contributed by atoms with Crippen molar-refractivity contribution in [3.05, 3.63) is 35.9 Å². The summed E-state index contributed by atoms with van der Waals surface area (Å²) in [6.07, 6.45) is 1.52. The Balaban J connectivity index is 2.54. The summed E-state index contributed by atoms with van der Waals surface area (Å²) in [5.41, 5.74) is 7.34. The molecule has 0 fully saturated rings. The highest BCUT2D eigenvalue weighted by atomic mass is 16.2. The van der Waals surface area contributed by atoms with Crippen LogP contribution in [0.15, 0.2) is 30.3 Å². The molecule has 3 heteroatoms. The standard InChI is InChI=1S/C17H28N2O/c1-13(17(2,3)4)19(5)16(20)15(18)12-11-14-9-7-6-8-10-14/h6-10,13,15H,11-12,18H2,1-5H3. The highest BCUT2D eigenvalue weighted by molar-refractivity contribution is 5.81. The van der Waals surface area contributed by atoms with Gasteiger partial charge in [-0.15, -0.1) is 0 Å². The summed E-state index contributed by atoms with van der Waals surface area (Å²) in [5.74, 6) is 0.0309. The van der Waals surface area contributed by atoms with Crippen LogP contribution in [-0.2, 0) is 11.2 Å². The third-order valence-corrected chi connectivity index (χ3v) is 4.09. The quantitative estimate of drug-likeness (QED) is 0.899. The summed E-state index contributed by atoms with van der Waals surface area (Å²) in [6.45, 7) is 8.48. The molecular weight excluding hydrogens is 248 g/mol. The van der Waals surface area contributed by atoms with E-state index in [-0.39, 0.29) is 17.4 Å². The highest BCUT2D eigenvalue weighted by Crippen LogP contribution is 2.23. The number of benzene rings is 1. The third kappa shape index (κ3) is 4.64. The van der Waals surface area contributed by atoms with Gasteiger partial charge in [-0.3, -0.25) is 4.79 Å². The molecule has 3 nitrogen and oxygen atoms in total. The lowest BCUT2D eigenvalue weighted by atomic mass is 9.87. The molecule has 2 unspecified atom stereocenters. The molecule has 2 atom stereocenters. The van der Waals surface area contributed by atoms with Crippen LogP contribution in [0, 0.1) is 5.41 Å². The van der Waals surface area contributed by atoms with Gasteiger partial charge in [0.05, 0.1) is 6.04 Å². The number of nitrogens with two attached hydrogens (primary N) is 1. The monoisotopic (exact) mass is 276 g/mol. The van der Waals surface area contributed by atoms with Gasteiger partial charge in [-0.1, -0.05) is 51.1 Å². The zero-order valence-corrected chi connectivity index (χ0v) is 13.4. The van der Waals surface area contributed by atoms with E-state index in [1.165, 1.54) is 5.56 Å². The fourth-order valence-corrected chi connectivity index (χ4v) is 2.12. The molecule has 0 saturated carbocycles. The molecule has 1 aromatic rings. The van der Waals surface area contributed by atoms with Gasteiger partial charge in [0.15, 0.2) is 0 Å². The minimum atomic E-state index is -0.426. The summed E-state index contributed by atoms with van der Waals surface area (Å²) in [6, 6.07) is 9.89. The van der Waals surface area contributed by atoms with Crippen LogP contribution < -0.4 is 5.73 Å². The smallest absolute Gasteiger partial charge is 0.239 e. The Hall–Kier alpha value is -1.35. The predicted octanol–water partition coefficient (Wildman–Crippen LogP) is 2.84. The molecule has 0 heterocycles. The van der Waals surface area contributed by atoms with Crippen LogP contribution >= 0.6 is 0 Å². The number of aryl methyl sites for hydroxylation is 1. The lowest BCUT2D eigenvalue weighted by Gasteiger charge is -2.36. The zero-order chi connectivity index (χ0) is 15.3. The zero-order valence-electron chi connectivity index (χ0n) is 13.4. The van der Waals surface area contributed by atoms with E-state index in [0.717, 1.165) is 6.42 Å². The van der Waals surface area contributed by atoms with Crippen LogP contribution in [0.4, 0.5) is 0 Å². The van der Waals surface area contributed by atoms with Gasteiger partial charge in [0.2, 0.25) is 5.91 Å². The number of amides is 1. The second kappa shape index (κ2) is 6.89. The van der Waals surface area contributed by atoms with Crippen molar-refractivity contribution in [1.29, 1.82) is 0 Å². The van der Waals surface area contributed by atoms with Crippen molar-refractivity contribution in [2.75, 3.05) is 7.05 Å². The molecule has 0 aromatic heterocycles. The van der Waals surface area contributed by atoms with E-state index in [1.807, 2.05) is 25.2 Å². The minimum absolute atomic E-state index is 0.0309. The van der Waals surface area contributed by atoms with Gasteiger partial charge >= 0.3 is 0 Å². The fourth-order valence-electron chi connectivity index (χ4n) is 2.12. The van der Waals surface area contributed by atoms with Crippen molar-refractivity contribution in [2.45, 2.75) is 52.6 Å². The highest BCUT2D eigenvalue weighted by Gasteiger charge is 2.29. The van der Waals surface area contributed by atoms with Crippen LogP contribution in [0.1, 0.15) is 39.7 Å². The molecular formula is C17H28N2O. The lowest BCUT2D eigenvalue weighted by Crippen LogP contribution is -2.49. The average Bonchev–Trinajstić information content (AvgIpc) is 2.42. The van der Waals surface area contributed by atoms with Gasteiger partial charge in [-0.05, 0) is 30.7 Å². The van der Waals surface area contributed by atoms with E-state index in [0.29, 0.717) is 6.42 Å². The van der Waals surface area contributed by atoms with Crippen LogP contribution in [0.3, 0.4) is 0 Å². The molecule has 1 amide bonds.